The third-order valence-corrected chi connectivity index (χ3v) is 1.76. The summed E-state index contributed by atoms with van der Waals surface area (Å²) in [6, 6.07) is 0. The third kappa shape index (κ3) is 9.03. The topological polar surface area (TPSA) is 70.2 Å². The van der Waals surface area contributed by atoms with E-state index in [9.17, 15) is 9.59 Å². The van der Waals surface area contributed by atoms with Gasteiger partial charge in [0, 0.05) is 19.5 Å². The lowest BCUT2D eigenvalue weighted by Crippen LogP contribution is -2.36. The minimum atomic E-state index is -0.154. The molecule has 0 bridgehead atoms. The lowest BCUT2D eigenvalue weighted by atomic mass is 10.3. The summed E-state index contributed by atoms with van der Waals surface area (Å²) in [5, 5.41) is 8.10. The standard InChI is InChI=1S/C11H19N3O2/c1-3-6-12-9-11(16)14-8-5-10(15)13-7-4-2/h1,12H,4-9H2,2H3,(H,13,15)(H,14,16). The van der Waals surface area contributed by atoms with Gasteiger partial charge in [-0.2, -0.15) is 0 Å². The summed E-state index contributed by atoms with van der Waals surface area (Å²) >= 11 is 0. The van der Waals surface area contributed by atoms with Gasteiger partial charge < -0.3 is 10.6 Å². The number of hydrogen-bond donors (Lipinski definition) is 3. The maximum atomic E-state index is 11.1. The van der Waals surface area contributed by atoms with Gasteiger partial charge in [0.05, 0.1) is 13.1 Å². The fourth-order valence-corrected chi connectivity index (χ4v) is 0.979. The van der Waals surface area contributed by atoms with Crippen molar-refractivity contribution < 1.29 is 9.59 Å². The molecule has 0 heterocycles. The van der Waals surface area contributed by atoms with Gasteiger partial charge in [0.1, 0.15) is 0 Å². The fraction of sp³-hybridized carbons (Fsp3) is 0.636. The molecule has 16 heavy (non-hydrogen) atoms. The Labute approximate surface area is 96.4 Å². The summed E-state index contributed by atoms with van der Waals surface area (Å²) < 4.78 is 0. The minimum absolute atomic E-state index is 0.0428. The van der Waals surface area contributed by atoms with Crippen molar-refractivity contribution in [1.29, 1.82) is 0 Å². The molecule has 0 spiro atoms. The van der Waals surface area contributed by atoms with Crippen molar-refractivity contribution in [3.8, 4) is 12.3 Å². The van der Waals surface area contributed by atoms with Crippen LogP contribution in [0.4, 0.5) is 0 Å². The normalized spacial score (nSPS) is 9.25. The van der Waals surface area contributed by atoms with Crippen LogP contribution in [-0.2, 0) is 9.59 Å². The van der Waals surface area contributed by atoms with Crippen LogP contribution in [0.2, 0.25) is 0 Å². The smallest absolute Gasteiger partial charge is 0.233 e. The molecular weight excluding hydrogens is 206 g/mol. The predicted molar refractivity (Wildman–Crippen MR) is 62.6 cm³/mol. The summed E-state index contributed by atoms with van der Waals surface area (Å²) in [6.45, 7) is 3.56. The fourth-order valence-electron chi connectivity index (χ4n) is 0.979. The first-order valence-electron chi connectivity index (χ1n) is 5.38. The zero-order chi connectivity index (χ0) is 12.2. The van der Waals surface area contributed by atoms with Crippen LogP contribution in [0.5, 0.6) is 0 Å². The van der Waals surface area contributed by atoms with Crippen LogP contribution in [0.1, 0.15) is 19.8 Å². The largest absolute Gasteiger partial charge is 0.356 e. The monoisotopic (exact) mass is 225 g/mol. The Hall–Kier alpha value is -1.54. The summed E-state index contributed by atoms with van der Waals surface area (Å²) in [5.41, 5.74) is 0. The van der Waals surface area contributed by atoms with Crippen LogP contribution in [0.3, 0.4) is 0 Å². The van der Waals surface area contributed by atoms with E-state index in [4.69, 9.17) is 6.42 Å². The first-order chi connectivity index (χ1) is 7.70. The molecule has 0 aromatic carbocycles. The molecule has 0 aromatic heterocycles. The Balaban J connectivity index is 3.40. The van der Waals surface area contributed by atoms with E-state index in [1.54, 1.807) is 0 Å². The molecular formula is C11H19N3O2. The highest BCUT2D eigenvalue weighted by atomic mass is 16.2. The molecule has 0 aliphatic rings. The molecule has 0 rings (SSSR count). The van der Waals surface area contributed by atoms with Gasteiger partial charge in [-0.25, -0.2) is 0 Å². The molecule has 0 saturated heterocycles. The second-order valence-corrected chi connectivity index (χ2v) is 3.26. The molecule has 0 aromatic rings. The quantitative estimate of drug-likeness (QED) is 0.376. The van der Waals surface area contributed by atoms with E-state index in [1.165, 1.54) is 0 Å². The Kier molecular flexibility index (Phi) is 9.03. The van der Waals surface area contributed by atoms with Crippen molar-refractivity contribution >= 4 is 11.8 Å². The van der Waals surface area contributed by atoms with Crippen molar-refractivity contribution in [2.75, 3.05) is 26.2 Å². The van der Waals surface area contributed by atoms with E-state index in [0.29, 0.717) is 26.1 Å². The minimum Gasteiger partial charge on any atom is -0.356 e. The highest BCUT2D eigenvalue weighted by molar-refractivity contribution is 5.80. The summed E-state index contributed by atoms with van der Waals surface area (Å²) in [4.78, 5) is 22.3. The van der Waals surface area contributed by atoms with E-state index >= 15 is 0 Å². The van der Waals surface area contributed by atoms with Gasteiger partial charge in [0.2, 0.25) is 11.8 Å². The molecule has 0 unspecified atom stereocenters. The molecule has 5 nitrogen and oxygen atoms in total. The number of rotatable bonds is 8. The van der Waals surface area contributed by atoms with Gasteiger partial charge in [-0.3, -0.25) is 14.9 Å². The molecule has 3 N–H and O–H groups in total. The molecule has 0 saturated carbocycles. The first kappa shape index (κ1) is 14.5. The van der Waals surface area contributed by atoms with Gasteiger partial charge >= 0.3 is 0 Å². The van der Waals surface area contributed by atoms with Gasteiger partial charge in [-0.15, -0.1) is 6.42 Å². The van der Waals surface area contributed by atoms with Gasteiger partial charge in [0.25, 0.3) is 0 Å². The zero-order valence-corrected chi connectivity index (χ0v) is 9.64. The maximum absolute atomic E-state index is 11.1. The van der Waals surface area contributed by atoms with Gasteiger partial charge in [-0.05, 0) is 6.42 Å². The van der Waals surface area contributed by atoms with E-state index in [1.807, 2.05) is 6.92 Å². The van der Waals surface area contributed by atoms with Crippen LogP contribution in [0.25, 0.3) is 0 Å². The lowest BCUT2D eigenvalue weighted by Gasteiger charge is -2.05. The average molecular weight is 225 g/mol. The van der Waals surface area contributed by atoms with Crippen molar-refractivity contribution in [1.82, 2.24) is 16.0 Å². The van der Waals surface area contributed by atoms with Crippen LogP contribution in [-0.4, -0.2) is 38.0 Å². The Bertz CT molecular complexity index is 258. The van der Waals surface area contributed by atoms with E-state index in [0.717, 1.165) is 6.42 Å². The Morgan fingerprint density at radius 3 is 2.50 bits per heavy atom. The first-order valence-corrected chi connectivity index (χ1v) is 5.38. The molecule has 0 aliphatic carbocycles. The zero-order valence-electron chi connectivity index (χ0n) is 9.64. The van der Waals surface area contributed by atoms with Crippen LogP contribution in [0.15, 0.2) is 0 Å². The Morgan fingerprint density at radius 2 is 1.88 bits per heavy atom. The third-order valence-electron chi connectivity index (χ3n) is 1.76. The molecule has 0 atom stereocenters. The van der Waals surface area contributed by atoms with Crippen molar-refractivity contribution in [2.24, 2.45) is 0 Å². The predicted octanol–water partition coefficient (Wildman–Crippen LogP) is -0.758. The summed E-state index contributed by atoms with van der Waals surface area (Å²) in [6.07, 6.45) is 6.22. The molecule has 5 heteroatoms. The number of terminal acetylenes is 1. The number of nitrogens with one attached hydrogen (secondary N) is 3. The summed E-state index contributed by atoms with van der Waals surface area (Å²) in [7, 11) is 0. The van der Waals surface area contributed by atoms with Crippen molar-refractivity contribution in [2.45, 2.75) is 19.8 Å². The second-order valence-electron chi connectivity index (χ2n) is 3.26. The van der Waals surface area contributed by atoms with Crippen LogP contribution in [0, 0.1) is 12.3 Å². The molecule has 0 radical (unpaired) electrons. The summed E-state index contributed by atoms with van der Waals surface area (Å²) in [5.74, 6) is 2.17. The van der Waals surface area contributed by atoms with E-state index in [2.05, 4.69) is 21.9 Å². The van der Waals surface area contributed by atoms with Crippen LogP contribution < -0.4 is 16.0 Å². The number of carbonyl (C=O) groups is 2. The number of hydrogen-bond acceptors (Lipinski definition) is 3. The second kappa shape index (κ2) is 9.99. The Morgan fingerprint density at radius 1 is 1.19 bits per heavy atom. The number of amides is 2. The highest BCUT2D eigenvalue weighted by Gasteiger charge is 2.02. The molecule has 0 fully saturated rings. The maximum Gasteiger partial charge on any atom is 0.233 e. The average Bonchev–Trinajstić information content (AvgIpc) is 2.26. The van der Waals surface area contributed by atoms with Gasteiger partial charge in [0.15, 0.2) is 0 Å². The van der Waals surface area contributed by atoms with E-state index in [-0.39, 0.29) is 18.4 Å². The van der Waals surface area contributed by atoms with Gasteiger partial charge in [-0.1, -0.05) is 12.8 Å². The highest BCUT2D eigenvalue weighted by Crippen LogP contribution is 1.79. The SMILES string of the molecule is C#CCNCC(=O)NCCC(=O)NCCC. The van der Waals surface area contributed by atoms with Crippen molar-refractivity contribution in [3.63, 3.8) is 0 Å². The number of carbonyl (C=O) groups excluding carboxylic acids is 2. The molecule has 2 amide bonds. The van der Waals surface area contributed by atoms with Crippen LogP contribution >= 0.6 is 0 Å². The molecule has 90 valence electrons. The van der Waals surface area contributed by atoms with Crippen molar-refractivity contribution in [3.05, 3.63) is 0 Å². The van der Waals surface area contributed by atoms with E-state index < -0.39 is 0 Å². The molecule has 0 aliphatic heterocycles. The lowest BCUT2D eigenvalue weighted by molar-refractivity contribution is -0.121.